The van der Waals surface area contributed by atoms with E-state index in [0.29, 0.717) is 26.4 Å². The maximum Gasteiger partial charge on any atom is 0.161 e. The SMILES string of the molecule is C/C=C/c1ccc(OCCOCCOc2cc(C)ccc2C)c(OC)c1. The zero-order chi connectivity index (χ0) is 18.8. The quantitative estimate of drug-likeness (QED) is 0.572. The summed E-state index contributed by atoms with van der Waals surface area (Å²) >= 11 is 0. The van der Waals surface area contributed by atoms with E-state index < -0.39 is 0 Å². The van der Waals surface area contributed by atoms with Gasteiger partial charge in [0.05, 0.1) is 20.3 Å². The van der Waals surface area contributed by atoms with Crippen molar-refractivity contribution in [3.05, 3.63) is 59.2 Å². The van der Waals surface area contributed by atoms with Gasteiger partial charge in [-0.25, -0.2) is 0 Å². The van der Waals surface area contributed by atoms with E-state index in [-0.39, 0.29) is 0 Å². The highest BCUT2D eigenvalue weighted by atomic mass is 16.6. The molecule has 0 aliphatic carbocycles. The molecule has 2 rings (SSSR count). The van der Waals surface area contributed by atoms with Crippen LogP contribution in [0.25, 0.3) is 6.08 Å². The molecule has 0 unspecified atom stereocenters. The lowest BCUT2D eigenvalue weighted by Crippen LogP contribution is -2.12. The van der Waals surface area contributed by atoms with E-state index in [9.17, 15) is 0 Å². The Hall–Kier alpha value is -2.46. The summed E-state index contributed by atoms with van der Waals surface area (Å²) in [6.07, 6.45) is 4.01. The van der Waals surface area contributed by atoms with Crippen molar-refractivity contribution in [2.75, 3.05) is 33.5 Å². The van der Waals surface area contributed by atoms with Gasteiger partial charge in [-0.2, -0.15) is 0 Å². The number of aryl methyl sites for hydroxylation is 2. The Balaban J connectivity index is 1.68. The van der Waals surface area contributed by atoms with Crippen LogP contribution in [0.1, 0.15) is 23.6 Å². The van der Waals surface area contributed by atoms with Gasteiger partial charge in [-0.05, 0) is 55.7 Å². The summed E-state index contributed by atoms with van der Waals surface area (Å²) in [7, 11) is 1.64. The summed E-state index contributed by atoms with van der Waals surface area (Å²) in [5.41, 5.74) is 3.40. The van der Waals surface area contributed by atoms with Crippen LogP contribution < -0.4 is 14.2 Å². The Bertz CT molecular complexity index is 722. The third-order valence-corrected chi connectivity index (χ3v) is 3.86. The van der Waals surface area contributed by atoms with Crippen LogP contribution in [0.5, 0.6) is 17.2 Å². The van der Waals surface area contributed by atoms with Crippen molar-refractivity contribution in [2.24, 2.45) is 0 Å². The second-order valence-corrected chi connectivity index (χ2v) is 5.99. The topological polar surface area (TPSA) is 36.9 Å². The van der Waals surface area contributed by atoms with Gasteiger partial charge in [-0.3, -0.25) is 0 Å². The standard InChI is InChI=1S/C22H28O4/c1-5-6-19-9-10-20(22(16-19)23-4)25-13-11-24-12-14-26-21-15-17(2)7-8-18(21)3/h5-10,15-16H,11-14H2,1-4H3/b6-5+. The number of hydrogen-bond donors (Lipinski definition) is 0. The van der Waals surface area contributed by atoms with Crippen molar-refractivity contribution in [3.8, 4) is 17.2 Å². The molecule has 140 valence electrons. The second kappa shape index (κ2) is 10.5. The molecular weight excluding hydrogens is 328 g/mol. The van der Waals surface area contributed by atoms with Crippen molar-refractivity contribution >= 4 is 6.08 Å². The molecule has 0 N–H and O–H groups in total. The Morgan fingerprint density at radius 3 is 2.23 bits per heavy atom. The summed E-state index contributed by atoms with van der Waals surface area (Å²) in [6.45, 7) is 8.08. The summed E-state index contributed by atoms with van der Waals surface area (Å²) in [5, 5.41) is 0. The first-order valence-electron chi connectivity index (χ1n) is 8.85. The molecule has 2 aromatic carbocycles. The van der Waals surface area contributed by atoms with Gasteiger partial charge < -0.3 is 18.9 Å². The molecule has 0 heterocycles. The van der Waals surface area contributed by atoms with E-state index in [1.807, 2.05) is 50.3 Å². The first-order chi connectivity index (χ1) is 12.6. The summed E-state index contributed by atoms with van der Waals surface area (Å²) in [4.78, 5) is 0. The fourth-order valence-electron chi connectivity index (χ4n) is 2.49. The number of rotatable bonds is 10. The smallest absolute Gasteiger partial charge is 0.161 e. The zero-order valence-corrected chi connectivity index (χ0v) is 16.1. The minimum absolute atomic E-state index is 0.461. The Morgan fingerprint density at radius 2 is 1.54 bits per heavy atom. The third-order valence-electron chi connectivity index (χ3n) is 3.86. The second-order valence-electron chi connectivity index (χ2n) is 5.99. The molecule has 0 saturated heterocycles. The van der Waals surface area contributed by atoms with Crippen LogP contribution in [0, 0.1) is 13.8 Å². The summed E-state index contributed by atoms with van der Waals surface area (Å²) in [5.74, 6) is 2.35. The van der Waals surface area contributed by atoms with E-state index >= 15 is 0 Å². The highest BCUT2D eigenvalue weighted by molar-refractivity contribution is 5.55. The van der Waals surface area contributed by atoms with Crippen LogP contribution >= 0.6 is 0 Å². The molecule has 0 amide bonds. The monoisotopic (exact) mass is 356 g/mol. The van der Waals surface area contributed by atoms with Gasteiger partial charge in [0.25, 0.3) is 0 Å². The average molecular weight is 356 g/mol. The largest absolute Gasteiger partial charge is 0.493 e. The molecule has 26 heavy (non-hydrogen) atoms. The number of benzene rings is 2. The molecule has 0 aliphatic rings. The molecule has 0 saturated carbocycles. The van der Waals surface area contributed by atoms with Crippen molar-refractivity contribution < 1.29 is 18.9 Å². The molecule has 0 aromatic heterocycles. The van der Waals surface area contributed by atoms with Gasteiger partial charge in [-0.15, -0.1) is 0 Å². The van der Waals surface area contributed by atoms with E-state index in [4.69, 9.17) is 18.9 Å². The zero-order valence-electron chi connectivity index (χ0n) is 16.1. The molecule has 0 fully saturated rings. The normalized spacial score (nSPS) is 10.9. The molecule has 0 aliphatic heterocycles. The minimum Gasteiger partial charge on any atom is -0.493 e. The fraction of sp³-hybridized carbons (Fsp3) is 0.364. The van der Waals surface area contributed by atoms with E-state index in [0.717, 1.165) is 28.4 Å². The maximum atomic E-state index is 5.76. The van der Waals surface area contributed by atoms with Crippen molar-refractivity contribution in [2.45, 2.75) is 20.8 Å². The van der Waals surface area contributed by atoms with Crippen LogP contribution in [0.3, 0.4) is 0 Å². The van der Waals surface area contributed by atoms with E-state index in [1.54, 1.807) is 7.11 Å². The number of ether oxygens (including phenoxy) is 4. The van der Waals surface area contributed by atoms with Crippen molar-refractivity contribution in [1.29, 1.82) is 0 Å². The molecule has 4 nitrogen and oxygen atoms in total. The van der Waals surface area contributed by atoms with Crippen LogP contribution in [0.2, 0.25) is 0 Å². The molecule has 0 atom stereocenters. The summed E-state index contributed by atoms with van der Waals surface area (Å²) in [6, 6.07) is 12.1. The average Bonchev–Trinajstić information content (AvgIpc) is 2.64. The van der Waals surface area contributed by atoms with E-state index in [2.05, 4.69) is 19.1 Å². The highest BCUT2D eigenvalue weighted by Crippen LogP contribution is 2.28. The molecule has 2 aromatic rings. The summed E-state index contributed by atoms with van der Waals surface area (Å²) < 4.78 is 22.5. The fourth-order valence-corrected chi connectivity index (χ4v) is 2.49. The van der Waals surface area contributed by atoms with Gasteiger partial charge in [-0.1, -0.05) is 30.4 Å². The van der Waals surface area contributed by atoms with Gasteiger partial charge in [0, 0.05) is 0 Å². The van der Waals surface area contributed by atoms with Crippen LogP contribution in [0.15, 0.2) is 42.5 Å². The van der Waals surface area contributed by atoms with Crippen LogP contribution in [-0.2, 0) is 4.74 Å². The van der Waals surface area contributed by atoms with Crippen LogP contribution in [-0.4, -0.2) is 33.5 Å². The Kier molecular flexibility index (Phi) is 8.03. The third kappa shape index (κ3) is 6.12. The molecular formula is C22H28O4. The maximum absolute atomic E-state index is 5.76. The van der Waals surface area contributed by atoms with Gasteiger partial charge in [0.2, 0.25) is 0 Å². The predicted octanol–water partition coefficient (Wildman–Crippen LogP) is 4.82. The molecule has 0 radical (unpaired) electrons. The molecule has 0 bridgehead atoms. The highest BCUT2D eigenvalue weighted by Gasteiger charge is 2.05. The Morgan fingerprint density at radius 1 is 0.808 bits per heavy atom. The van der Waals surface area contributed by atoms with Crippen molar-refractivity contribution in [1.82, 2.24) is 0 Å². The minimum atomic E-state index is 0.461. The van der Waals surface area contributed by atoms with Gasteiger partial charge in [0.15, 0.2) is 11.5 Å². The number of hydrogen-bond acceptors (Lipinski definition) is 4. The Labute approximate surface area is 156 Å². The lowest BCUT2D eigenvalue weighted by atomic mass is 10.1. The van der Waals surface area contributed by atoms with Crippen molar-refractivity contribution in [3.63, 3.8) is 0 Å². The number of methoxy groups -OCH3 is 1. The van der Waals surface area contributed by atoms with Gasteiger partial charge >= 0.3 is 0 Å². The number of allylic oxidation sites excluding steroid dienone is 1. The lowest BCUT2D eigenvalue weighted by molar-refractivity contribution is 0.0755. The predicted molar refractivity (Wildman–Crippen MR) is 105 cm³/mol. The molecule has 0 spiro atoms. The van der Waals surface area contributed by atoms with Gasteiger partial charge in [0.1, 0.15) is 19.0 Å². The lowest BCUT2D eigenvalue weighted by Gasteiger charge is -2.12. The van der Waals surface area contributed by atoms with Crippen LogP contribution in [0.4, 0.5) is 0 Å². The first kappa shape index (κ1) is 19.9. The molecule has 4 heteroatoms. The first-order valence-corrected chi connectivity index (χ1v) is 8.85. The van der Waals surface area contributed by atoms with E-state index in [1.165, 1.54) is 5.56 Å².